The van der Waals surface area contributed by atoms with Gasteiger partial charge in [-0.05, 0) is 71.8 Å². The van der Waals surface area contributed by atoms with Crippen molar-refractivity contribution in [3.05, 3.63) is 205 Å². The van der Waals surface area contributed by atoms with Gasteiger partial charge < -0.3 is 4.74 Å². The average molecular weight is 667 g/mol. The number of fused-ring (bicyclic) bond motifs is 5. The van der Waals surface area contributed by atoms with Gasteiger partial charge in [-0.15, -0.1) is 0 Å². The van der Waals surface area contributed by atoms with Crippen LogP contribution in [0.2, 0.25) is 0 Å². The van der Waals surface area contributed by atoms with E-state index < -0.39 is 5.41 Å². The number of para-hydroxylation sites is 1. The Bertz CT molecular complexity index is 2730. The number of aromatic nitrogens is 4. The second-order valence-electron chi connectivity index (χ2n) is 13.0. The molecule has 5 nitrogen and oxygen atoms in total. The van der Waals surface area contributed by atoms with Crippen LogP contribution in [0.1, 0.15) is 22.5 Å². The van der Waals surface area contributed by atoms with Gasteiger partial charge in [0.15, 0.2) is 0 Å². The fourth-order valence-electron chi connectivity index (χ4n) is 7.63. The van der Waals surface area contributed by atoms with Gasteiger partial charge in [0, 0.05) is 45.4 Å². The highest BCUT2D eigenvalue weighted by Gasteiger charge is 2.47. The molecule has 0 spiro atoms. The second kappa shape index (κ2) is 12.1. The third-order valence-corrected chi connectivity index (χ3v) is 10.1. The molecule has 0 unspecified atom stereocenters. The summed E-state index contributed by atoms with van der Waals surface area (Å²) in [6, 6.07) is 58.4. The van der Waals surface area contributed by atoms with Gasteiger partial charge in [-0.3, -0.25) is 9.97 Å². The van der Waals surface area contributed by atoms with Crippen LogP contribution >= 0.6 is 0 Å². The van der Waals surface area contributed by atoms with Crippen molar-refractivity contribution in [2.45, 2.75) is 5.41 Å². The van der Waals surface area contributed by atoms with Crippen LogP contribution in [0.25, 0.3) is 55.4 Å². The Morgan fingerprint density at radius 3 is 1.63 bits per heavy atom. The van der Waals surface area contributed by atoms with Crippen LogP contribution in [-0.4, -0.2) is 19.9 Å². The smallest absolute Gasteiger partial charge is 0.132 e. The van der Waals surface area contributed by atoms with Gasteiger partial charge in [-0.1, -0.05) is 109 Å². The topological polar surface area (TPSA) is 60.8 Å². The molecule has 0 N–H and O–H groups in total. The summed E-state index contributed by atoms with van der Waals surface area (Å²) in [5.41, 5.74) is 10.8. The van der Waals surface area contributed by atoms with Gasteiger partial charge in [-0.25, -0.2) is 9.97 Å². The van der Waals surface area contributed by atoms with Crippen LogP contribution in [0.5, 0.6) is 11.5 Å². The Labute approximate surface area is 300 Å². The summed E-state index contributed by atoms with van der Waals surface area (Å²) in [5, 5.41) is 2.12. The standard InChI is InChI=1S/C47H30N4O/c1-2-11-31(12-3-1)39-24-21-32-19-20-33-22-25-40(51-46(33)45(32)50-39)36-14-10-13-34(29-36)35-23-26-42-38(30-35)47(43-17-6-8-27-48-43,44-18-7-9-28-49-44)37-15-4-5-16-41(37)52-42/h1-30H. The van der Waals surface area contributed by atoms with Crippen molar-refractivity contribution in [1.29, 1.82) is 0 Å². The molecule has 5 heterocycles. The zero-order chi connectivity index (χ0) is 34.5. The molecule has 4 aromatic heterocycles. The Morgan fingerprint density at radius 2 is 0.942 bits per heavy atom. The number of hydrogen-bond acceptors (Lipinski definition) is 5. The van der Waals surface area contributed by atoms with E-state index in [2.05, 4.69) is 115 Å². The maximum absolute atomic E-state index is 6.60. The third-order valence-electron chi connectivity index (χ3n) is 10.1. The zero-order valence-electron chi connectivity index (χ0n) is 28.0. The Hall–Kier alpha value is -6.98. The first-order valence-corrected chi connectivity index (χ1v) is 17.4. The molecule has 0 atom stereocenters. The molecule has 1 aliphatic rings. The molecule has 5 aromatic carbocycles. The molecule has 10 rings (SSSR count). The van der Waals surface area contributed by atoms with E-state index in [1.807, 2.05) is 67.0 Å². The lowest BCUT2D eigenvalue weighted by molar-refractivity contribution is 0.430. The minimum Gasteiger partial charge on any atom is -0.457 e. The SMILES string of the molecule is c1ccc(-c2ccc3ccc4ccc(-c5cccc(-c6ccc7c(c6)C(c6ccccn6)(c6ccccn6)c6ccccc6O7)c5)nc4c3n2)cc1. The Balaban J connectivity index is 1.12. The van der Waals surface area contributed by atoms with Crippen molar-refractivity contribution >= 4 is 21.8 Å². The third kappa shape index (κ3) is 4.78. The van der Waals surface area contributed by atoms with Crippen LogP contribution in [0, 0.1) is 0 Å². The van der Waals surface area contributed by atoms with E-state index in [0.29, 0.717) is 0 Å². The zero-order valence-corrected chi connectivity index (χ0v) is 28.0. The minimum atomic E-state index is -0.799. The molecule has 0 amide bonds. The number of ether oxygens (including phenoxy) is 1. The second-order valence-corrected chi connectivity index (χ2v) is 13.0. The predicted octanol–water partition coefficient (Wildman–Crippen LogP) is 11.1. The van der Waals surface area contributed by atoms with Crippen LogP contribution in [0.3, 0.4) is 0 Å². The van der Waals surface area contributed by atoms with Gasteiger partial charge >= 0.3 is 0 Å². The summed E-state index contributed by atoms with van der Waals surface area (Å²) in [6.07, 6.45) is 3.70. The highest BCUT2D eigenvalue weighted by atomic mass is 16.5. The summed E-state index contributed by atoms with van der Waals surface area (Å²) in [6.45, 7) is 0. The van der Waals surface area contributed by atoms with Gasteiger partial charge in [0.05, 0.1) is 33.8 Å². The van der Waals surface area contributed by atoms with Crippen molar-refractivity contribution in [3.8, 4) is 45.1 Å². The van der Waals surface area contributed by atoms with Crippen molar-refractivity contribution in [2.24, 2.45) is 0 Å². The minimum absolute atomic E-state index is 0.778. The van der Waals surface area contributed by atoms with Gasteiger partial charge in [0.1, 0.15) is 16.9 Å². The van der Waals surface area contributed by atoms with E-state index in [9.17, 15) is 0 Å². The average Bonchev–Trinajstić information content (AvgIpc) is 3.23. The van der Waals surface area contributed by atoms with E-state index in [4.69, 9.17) is 24.7 Å². The summed E-state index contributed by atoms with van der Waals surface area (Å²) < 4.78 is 6.60. The molecule has 0 aliphatic carbocycles. The first kappa shape index (κ1) is 29.9. The number of hydrogen-bond donors (Lipinski definition) is 0. The number of benzene rings is 5. The first-order chi connectivity index (χ1) is 25.8. The van der Waals surface area contributed by atoms with Crippen LogP contribution < -0.4 is 4.74 Å². The van der Waals surface area contributed by atoms with E-state index in [-0.39, 0.29) is 0 Å². The summed E-state index contributed by atoms with van der Waals surface area (Å²) in [7, 11) is 0. The van der Waals surface area contributed by atoms with Crippen LogP contribution in [0.15, 0.2) is 182 Å². The van der Waals surface area contributed by atoms with E-state index in [1.165, 1.54) is 0 Å². The number of nitrogens with zero attached hydrogens (tertiary/aromatic N) is 4. The van der Waals surface area contributed by atoms with Crippen molar-refractivity contribution < 1.29 is 4.74 Å². The molecule has 52 heavy (non-hydrogen) atoms. The fraction of sp³-hybridized carbons (Fsp3) is 0.0213. The molecule has 1 aliphatic heterocycles. The highest BCUT2D eigenvalue weighted by Crippen LogP contribution is 2.55. The van der Waals surface area contributed by atoms with Gasteiger partial charge in [-0.2, -0.15) is 0 Å². The molecule has 0 fully saturated rings. The van der Waals surface area contributed by atoms with Crippen molar-refractivity contribution in [3.63, 3.8) is 0 Å². The largest absolute Gasteiger partial charge is 0.457 e. The molecular weight excluding hydrogens is 637 g/mol. The number of rotatable bonds is 5. The maximum atomic E-state index is 6.60. The quantitative estimate of drug-likeness (QED) is 0.171. The lowest BCUT2D eigenvalue weighted by Crippen LogP contribution is -2.36. The van der Waals surface area contributed by atoms with E-state index >= 15 is 0 Å². The summed E-state index contributed by atoms with van der Waals surface area (Å²) in [4.78, 5) is 20.3. The first-order valence-electron chi connectivity index (χ1n) is 17.4. The normalized spacial score (nSPS) is 12.9. The van der Waals surface area contributed by atoms with Gasteiger partial charge in [0.25, 0.3) is 0 Å². The molecule has 244 valence electrons. The Kier molecular flexibility index (Phi) is 6.96. The van der Waals surface area contributed by atoms with Gasteiger partial charge in [0.2, 0.25) is 0 Å². The molecule has 0 bridgehead atoms. The molecule has 0 saturated heterocycles. The molecule has 9 aromatic rings. The fourth-order valence-corrected chi connectivity index (χ4v) is 7.63. The monoisotopic (exact) mass is 666 g/mol. The predicted molar refractivity (Wildman–Crippen MR) is 207 cm³/mol. The maximum Gasteiger partial charge on any atom is 0.132 e. The van der Waals surface area contributed by atoms with E-state index in [0.717, 1.165) is 89.5 Å². The Morgan fingerprint density at radius 1 is 0.385 bits per heavy atom. The molecular formula is C47H30N4O. The summed E-state index contributed by atoms with van der Waals surface area (Å²) in [5.74, 6) is 1.57. The molecule has 5 heteroatoms. The number of pyridine rings is 4. The van der Waals surface area contributed by atoms with Crippen LogP contribution in [0.4, 0.5) is 0 Å². The molecule has 0 radical (unpaired) electrons. The molecule has 0 saturated carbocycles. The van der Waals surface area contributed by atoms with E-state index in [1.54, 1.807) is 0 Å². The lowest BCUT2D eigenvalue weighted by atomic mass is 9.67. The van der Waals surface area contributed by atoms with Crippen molar-refractivity contribution in [1.82, 2.24) is 19.9 Å². The lowest BCUT2D eigenvalue weighted by Gasteiger charge is -2.39. The summed E-state index contributed by atoms with van der Waals surface area (Å²) >= 11 is 0. The van der Waals surface area contributed by atoms with Crippen molar-refractivity contribution in [2.75, 3.05) is 0 Å². The highest BCUT2D eigenvalue weighted by molar-refractivity contribution is 6.04. The van der Waals surface area contributed by atoms with Crippen LogP contribution in [-0.2, 0) is 5.41 Å².